The molecule has 21 heavy (non-hydrogen) atoms. The van der Waals surface area contributed by atoms with Crippen molar-refractivity contribution in [1.29, 1.82) is 0 Å². The van der Waals surface area contributed by atoms with Crippen molar-refractivity contribution >= 4 is 23.2 Å². The van der Waals surface area contributed by atoms with Crippen molar-refractivity contribution in [3.05, 3.63) is 71.5 Å². The minimum absolute atomic E-state index is 0.235. The average molecular weight is 325 g/mol. The fourth-order valence-electron chi connectivity index (χ4n) is 2.55. The van der Waals surface area contributed by atoms with Crippen molar-refractivity contribution < 1.29 is 4.39 Å². The topological polar surface area (TPSA) is 0 Å². The molecule has 0 unspecified atom stereocenters. The zero-order valence-electron chi connectivity index (χ0n) is 11.9. The van der Waals surface area contributed by atoms with Gasteiger partial charge in [0, 0.05) is 17.2 Å². The van der Waals surface area contributed by atoms with Gasteiger partial charge in [0.1, 0.15) is 5.82 Å². The quantitative estimate of drug-likeness (QED) is 0.584. The van der Waals surface area contributed by atoms with Crippen LogP contribution in [0.4, 0.5) is 4.39 Å². The van der Waals surface area contributed by atoms with E-state index in [1.807, 2.05) is 18.2 Å². The molecule has 2 aromatic carbocycles. The maximum absolute atomic E-state index is 13.1. The Morgan fingerprint density at radius 2 is 1.48 bits per heavy atom. The first-order valence-corrected chi connectivity index (χ1v) is 8.19. The summed E-state index contributed by atoms with van der Waals surface area (Å²) in [6.45, 7) is 0. The first-order chi connectivity index (χ1) is 10.2. The second kappa shape index (κ2) is 7.82. The van der Waals surface area contributed by atoms with Gasteiger partial charge in [-0.15, -0.1) is 23.2 Å². The van der Waals surface area contributed by atoms with Gasteiger partial charge in [-0.2, -0.15) is 0 Å². The first kappa shape index (κ1) is 16.3. The Labute approximate surface area is 135 Å². The summed E-state index contributed by atoms with van der Waals surface area (Å²) in [7, 11) is 0. The zero-order chi connectivity index (χ0) is 15.1. The molecule has 0 aliphatic rings. The number of alkyl halides is 2. The monoisotopic (exact) mass is 324 g/mol. The van der Waals surface area contributed by atoms with Crippen molar-refractivity contribution in [1.82, 2.24) is 0 Å². The average Bonchev–Trinajstić information content (AvgIpc) is 2.54. The molecule has 0 nitrogen and oxygen atoms in total. The molecule has 112 valence electrons. The Kier molecular flexibility index (Phi) is 6.08. The van der Waals surface area contributed by atoms with Gasteiger partial charge in [-0.05, 0) is 42.5 Å². The molecule has 0 aliphatic carbocycles. The molecule has 0 aromatic heterocycles. The third-order valence-electron chi connectivity index (χ3n) is 3.93. The molecule has 0 fully saturated rings. The number of benzene rings is 2. The minimum atomic E-state index is -0.286. The van der Waals surface area contributed by atoms with Gasteiger partial charge in [-0.3, -0.25) is 0 Å². The van der Waals surface area contributed by atoms with Crippen molar-refractivity contribution in [2.45, 2.75) is 24.7 Å². The van der Waals surface area contributed by atoms with E-state index in [0.717, 1.165) is 24.8 Å². The standard InChI is InChI=1S/C18H19Cl2F/c19-13-18(14-20,16-8-10-17(21)11-9-16)12-4-7-15-5-2-1-3-6-15/h1-3,5-6,8-11H,4,7,12-14H2. The predicted molar refractivity (Wildman–Crippen MR) is 88.9 cm³/mol. The van der Waals surface area contributed by atoms with Gasteiger partial charge < -0.3 is 0 Å². The molecule has 2 aromatic rings. The summed E-state index contributed by atoms with van der Waals surface area (Å²) in [5.74, 6) is 0.648. The molecule has 0 atom stereocenters. The van der Waals surface area contributed by atoms with Gasteiger partial charge in [0.2, 0.25) is 0 Å². The van der Waals surface area contributed by atoms with Gasteiger partial charge in [0.05, 0.1) is 0 Å². The van der Waals surface area contributed by atoms with E-state index in [0.29, 0.717) is 11.8 Å². The van der Waals surface area contributed by atoms with Crippen molar-refractivity contribution in [2.75, 3.05) is 11.8 Å². The van der Waals surface area contributed by atoms with E-state index >= 15 is 0 Å². The summed E-state index contributed by atoms with van der Waals surface area (Å²) in [5, 5.41) is 0. The predicted octanol–water partition coefficient (Wildman–Crippen LogP) is 5.56. The summed E-state index contributed by atoms with van der Waals surface area (Å²) in [6.07, 6.45) is 2.89. The van der Waals surface area contributed by atoms with Gasteiger partial charge in [0.15, 0.2) is 0 Å². The highest BCUT2D eigenvalue weighted by atomic mass is 35.5. The molecule has 0 aliphatic heterocycles. The van der Waals surface area contributed by atoms with E-state index in [1.54, 1.807) is 12.1 Å². The van der Waals surface area contributed by atoms with Crippen LogP contribution in [0.25, 0.3) is 0 Å². The Morgan fingerprint density at radius 1 is 0.857 bits per heavy atom. The summed E-state index contributed by atoms with van der Waals surface area (Å²) >= 11 is 12.4. The third kappa shape index (κ3) is 4.21. The highest BCUT2D eigenvalue weighted by molar-refractivity contribution is 6.22. The van der Waals surface area contributed by atoms with Gasteiger partial charge >= 0.3 is 0 Å². The number of hydrogen-bond donors (Lipinski definition) is 0. The molecular formula is C18H19Cl2F. The lowest BCUT2D eigenvalue weighted by Gasteiger charge is -2.30. The zero-order valence-corrected chi connectivity index (χ0v) is 13.4. The molecule has 0 saturated carbocycles. The Balaban J connectivity index is 2.06. The van der Waals surface area contributed by atoms with E-state index < -0.39 is 0 Å². The van der Waals surface area contributed by atoms with Crippen LogP contribution in [0.1, 0.15) is 24.0 Å². The number of hydrogen-bond acceptors (Lipinski definition) is 0. The van der Waals surface area contributed by atoms with E-state index in [-0.39, 0.29) is 11.2 Å². The molecule has 0 saturated heterocycles. The van der Waals surface area contributed by atoms with Crippen LogP contribution in [0.5, 0.6) is 0 Å². The van der Waals surface area contributed by atoms with E-state index in [2.05, 4.69) is 12.1 Å². The fraction of sp³-hybridized carbons (Fsp3) is 0.333. The van der Waals surface area contributed by atoms with Crippen LogP contribution in [0.2, 0.25) is 0 Å². The molecular weight excluding hydrogens is 306 g/mol. The number of halogens is 3. The highest BCUT2D eigenvalue weighted by Gasteiger charge is 2.30. The van der Waals surface area contributed by atoms with Crippen LogP contribution < -0.4 is 0 Å². The minimum Gasteiger partial charge on any atom is -0.207 e. The van der Waals surface area contributed by atoms with Crippen LogP contribution in [0, 0.1) is 5.82 Å². The molecule has 0 spiro atoms. The molecule has 0 N–H and O–H groups in total. The van der Waals surface area contributed by atoms with Crippen LogP contribution in [0.3, 0.4) is 0 Å². The molecule has 0 bridgehead atoms. The van der Waals surface area contributed by atoms with Crippen LogP contribution in [-0.4, -0.2) is 11.8 Å². The second-order valence-corrected chi connectivity index (χ2v) is 5.93. The maximum Gasteiger partial charge on any atom is 0.123 e. The Hall–Kier alpha value is -1.05. The molecule has 0 radical (unpaired) electrons. The largest absolute Gasteiger partial charge is 0.207 e. The number of rotatable bonds is 7. The summed E-state index contributed by atoms with van der Waals surface area (Å²) in [4.78, 5) is 0. The van der Waals surface area contributed by atoms with Crippen molar-refractivity contribution in [3.63, 3.8) is 0 Å². The van der Waals surface area contributed by atoms with E-state index in [9.17, 15) is 4.39 Å². The SMILES string of the molecule is Fc1ccc(C(CCl)(CCl)CCCc2ccccc2)cc1. The van der Waals surface area contributed by atoms with E-state index in [4.69, 9.17) is 23.2 Å². The molecule has 3 heteroatoms. The van der Waals surface area contributed by atoms with Crippen LogP contribution in [-0.2, 0) is 11.8 Å². The lowest BCUT2D eigenvalue weighted by atomic mass is 9.79. The van der Waals surface area contributed by atoms with Gasteiger partial charge in [-0.1, -0.05) is 42.5 Å². The third-order valence-corrected chi connectivity index (χ3v) is 4.95. The Bertz CT molecular complexity index is 533. The van der Waals surface area contributed by atoms with Crippen molar-refractivity contribution in [2.24, 2.45) is 0 Å². The number of aryl methyl sites for hydroxylation is 1. The fourth-order valence-corrected chi connectivity index (χ4v) is 3.41. The van der Waals surface area contributed by atoms with Crippen molar-refractivity contribution in [3.8, 4) is 0 Å². The van der Waals surface area contributed by atoms with Crippen LogP contribution >= 0.6 is 23.2 Å². The summed E-state index contributed by atoms with van der Waals surface area (Å²) in [6, 6.07) is 16.9. The second-order valence-electron chi connectivity index (χ2n) is 5.39. The molecule has 0 amide bonds. The molecule has 2 rings (SSSR count). The summed E-state index contributed by atoms with van der Waals surface area (Å²) < 4.78 is 13.1. The normalized spacial score (nSPS) is 11.6. The van der Waals surface area contributed by atoms with Gasteiger partial charge in [-0.25, -0.2) is 4.39 Å². The first-order valence-electron chi connectivity index (χ1n) is 7.12. The lowest BCUT2D eigenvalue weighted by Crippen LogP contribution is -2.30. The van der Waals surface area contributed by atoms with Crippen LogP contribution in [0.15, 0.2) is 54.6 Å². The van der Waals surface area contributed by atoms with Gasteiger partial charge in [0.25, 0.3) is 0 Å². The lowest BCUT2D eigenvalue weighted by molar-refractivity contribution is 0.471. The Morgan fingerprint density at radius 3 is 2.05 bits per heavy atom. The maximum atomic E-state index is 13.1. The summed E-state index contributed by atoms with van der Waals surface area (Å²) in [5.41, 5.74) is 2.04. The smallest absolute Gasteiger partial charge is 0.123 e. The van der Waals surface area contributed by atoms with E-state index in [1.165, 1.54) is 17.7 Å². The highest BCUT2D eigenvalue weighted by Crippen LogP contribution is 2.33. The molecule has 0 heterocycles.